The van der Waals surface area contributed by atoms with Gasteiger partial charge in [0.15, 0.2) is 0 Å². The highest BCUT2D eigenvalue weighted by Gasteiger charge is 2.15. The molecule has 0 bridgehead atoms. The molecule has 0 fully saturated rings. The van der Waals surface area contributed by atoms with Gasteiger partial charge in [-0.1, -0.05) is 20.8 Å². The molecule has 1 N–H and O–H groups in total. The summed E-state index contributed by atoms with van der Waals surface area (Å²) in [4.78, 5) is 22.1. The summed E-state index contributed by atoms with van der Waals surface area (Å²) in [5.41, 5.74) is 0. The van der Waals surface area contributed by atoms with Gasteiger partial charge in [0.1, 0.15) is 0 Å². The molecule has 0 aromatic carbocycles. The summed E-state index contributed by atoms with van der Waals surface area (Å²) in [6.07, 6.45) is -0.901. The summed E-state index contributed by atoms with van der Waals surface area (Å²) >= 11 is 0. The first-order valence-electron chi connectivity index (χ1n) is 4.91. The van der Waals surface area contributed by atoms with Crippen LogP contribution >= 0.6 is 0 Å². The number of carbonyl (C=O) groups is 2. The van der Waals surface area contributed by atoms with Crippen molar-refractivity contribution in [2.75, 3.05) is 6.54 Å². The zero-order chi connectivity index (χ0) is 11.8. The molecule has 0 heterocycles. The second-order valence-electron chi connectivity index (χ2n) is 3.34. The van der Waals surface area contributed by atoms with Crippen molar-refractivity contribution in [1.82, 2.24) is 5.32 Å². The molecule has 0 aliphatic carbocycles. The van der Waals surface area contributed by atoms with Gasteiger partial charge in [-0.15, -0.1) is 0 Å². The highest BCUT2D eigenvalue weighted by molar-refractivity contribution is 5.72. The van der Waals surface area contributed by atoms with Crippen LogP contribution in [0.4, 0.5) is 4.79 Å². The van der Waals surface area contributed by atoms with Crippen molar-refractivity contribution in [1.29, 1.82) is 0 Å². The van der Waals surface area contributed by atoms with Gasteiger partial charge >= 0.3 is 12.1 Å². The van der Waals surface area contributed by atoms with Crippen LogP contribution in [0.2, 0.25) is 0 Å². The first-order valence-corrected chi connectivity index (χ1v) is 4.91. The molecular formula is C10H18NO4. The van der Waals surface area contributed by atoms with Gasteiger partial charge in [0, 0.05) is 13.5 Å². The van der Waals surface area contributed by atoms with Gasteiger partial charge in [0.05, 0.1) is 5.92 Å². The van der Waals surface area contributed by atoms with Crippen LogP contribution in [0.5, 0.6) is 0 Å². The molecule has 0 aromatic heterocycles. The third-order valence-electron chi connectivity index (χ3n) is 1.47. The second kappa shape index (κ2) is 7.09. The Bertz CT molecular complexity index is 215. The Morgan fingerprint density at radius 1 is 1.27 bits per heavy atom. The highest BCUT2D eigenvalue weighted by Crippen LogP contribution is 2.01. The van der Waals surface area contributed by atoms with E-state index in [1.807, 2.05) is 0 Å². The fourth-order valence-electron chi connectivity index (χ4n) is 0.707. The Hall–Kier alpha value is -1.26. The average Bonchev–Trinajstić information content (AvgIpc) is 2.14. The molecule has 1 atom stereocenters. The van der Waals surface area contributed by atoms with E-state index in [9.17, 15) is 9.59 Å². The lowest BCUT2D eigenvalue weighted by molar-refractivity contribution is -0.168. The average molecular weight is 216 g/mol. The van der Waals surface area contributed by atoms with Crippen LogP contribution in [0.1, 0.15) is 27.2 Å². The minimum atomic E-state index is -0.871. The van der Waals surface area contributed by atoms with Gasteiger partial charge in [-0.2, -0.15) is 0 Å². The van der Waals surface area contributed by atoms with Crippen LogP contribution in [0.3, 0.4) is 0 Å². The van der Waals surface area contributed by atoms with Crippen molar-refractivity contribution in [2.24, 2.45) is 5.92 Å². The van der Waals surface area contributed by atoms with Gasteiger partial charge in [-0.3, -0.25) is 4.79 Å². The number of alkyl carbamates (subject to hydrolysis) is 1. The van der Waals surface area contributed by atoms with E-state index in [-0.39, 0.29) is 5.92 Å². The molecule has 1 amide bonds. The van der Waals surface area contributed by atoms with E-state index in [1.165, 1.54) is 6.92 Å². The molecule has 0 spiro atoms. The monoisotopic (exact) mass is 216 g/mol. The molecule has 0 saturated carbocycles. The lowest BCUT2D eigenvalue weighted by Crippen LogP contribution is -2.31. The summed E-state index contributed by atoms with van der Waals surface area (Å²) in [7, 11) is 0. The molecule has 1 unspecified atom stereocenters. The maximum absolute atomic E-state index is 11.1. The van der Waals surface area contributed by atoms with Gasteiger partial charge in [-0.05, 0) is 6.42 Å². The van der Waals surface area contributed by atoms with E-state index in [0.29, 0.717) is 13.0 Å². The standard InChI is InChI=1S/C10H18NO4/c1-5-6-11-10(13)15-8(4)14-9(12)7(2)3/h7-8H,1,5-6H2,2-4H3,(H,11,13). The maximum atomic E-state index is 11.1. The van der Waals surface area contributed by atoms with Crippen molar-refractivity contribution in [2.45, 2.75) is 33.5 Å². The smallest absolute Gasteiger partial charge is 0.410 e. The van der Waals surface area contributed by atoms with Crippen molar-refractivity contribution >= 4 is 12.1 Å². The molecule has 1 radical (unpaired) electrons. The van der Waals surface area contributed by atoms with Crippen LogP contribution < -0.4 is 5.32 Å². The van der Waals surface area contributed by atoms with Crippen molar-refractivity contribution in [3.05, 3.63) is 6.92 Å². The normalized spacial score (nSPS) is 12.1. The SMILES string of the molecule is [CH2]CCNC(=O)OC(C)OC(=O)C(C)C. The van der Waals surface area contributed by atoms with Crippen LogP contribution in [0.15, 0.2) is 0 Å². The minimum Gasteiger partial charge on any atom is -0.425 e. The number of nitrogens with one attached hydrogen (secondary N) is 1. The van der Waals surface area contributed by atoms with Gasteiger partial charge < -0.3 is 14.8 Å². The molecule has 87 valence electrons. The first kappa shape index (κ1) is 13.7. The van der Waals surface area contributed by atoms with E-state index in [2.05, 4.69) is 12.2 Å². The summed E-state index contributed by atoms with van der Waals surface area (Å²) in [5.74, 6) is -0.633. The second-order valence-corrected chi connectivity index (χ2v) is 3.34. The molecule has 0 aliphatic rings. The Morgan fingerprint density at radius 3 is 2.33 bits per heavy atom. The minimum absolute atomic E-state index is 0.237. The fraction of sp³-hybridized carbons (Fsp3) is 0.700. The van der Waals surface area contributed by atoms with Crippen LogP contribution in [-0.2, 0) is 14.3 Å². The molecule has 15 heavy (non-hydrogen) atoms. The summed E-state index contributed by atoms with van der Waals surface area (Å²) in [5, 5.41) is 2.45. The third-order valence-corrected chi connectivity index (χ3v) is 1.47. The number of hydrogen-bond acceptors (Lipinski definition) is 4. The van der Waals surface area contributed by atoms with Crippen LogP contribution in [0.25, 0.3) is 0 Å². The van der Waals surface area contributed by atoms with Crippen molar-refractivity contribution < 1.29 is 19.1 Å². The Morgan fingerprint density at radius 2 is 1.87 bits per heavy atom. The zero-order valence-electron chi connectivity index (χ0n) is 9.41. The lowest BCUT2D eigenvalue weighted by atomic mass is 10.2. The van der Waals surface area contributed by atoms with E-state index in [1.54, 1.807) is 13.8 Å². The van der Waals surface area contributed by atoms with E-state index in [0.717, 1.165) is 0 Å². The first-order chi connectivity index (χ1) is 6.97. The predicted octanol–water partition coefficient (Wildman–Crippen LogP) is 1.48. The number of carbonyl (C=O) groups excluding carboxylic acids is 2. The number of rotatable bonds is 5. The fourth-order valence-corrected chi connectivity index (χ4v) is 0.707. The Balaban J connectivity index is 3.77. The lowest BCUT2D eigenvalue weighted by Gasteiger charge is -2.15. The molecule has 0 rings (SSSR count). The summed E-state index contributed by atoms with van der Waals surface area (Å²) in [6, 6.07) is 0. The predicted molar refractivity (Wildman–Crippen MR) is 54.8 cm³/mol. The molecule has 5 nitrogen and oxygen atoms in total. The number of hydrogen-bond donors (Lipinski definition) is 1. The molecular weight excluding hydrogens is 198 g/mol. The molecule has 0 aliphatic heterocycles. The van der Waals surface area contributed by atoms with Gasteiger partial charge in [-0.25, -0.2) is 4.79 Å². The molecule has 5 heteroatoms. The van der Waals surface area contributed by atoms with Crippen molar-refractivity contribution in [3.63, 3.8) is 0 Å². The number of amides is 1. The van der Waals surface area contributed by atoms with Gasteiger partial charge in [0.25, 0.3) is 0 Å². The van der Waals surface area contributed by atoms with Crippen LogP contribution in [-0.4, -0.2) is 24.9 Å². The number of ether oxygens (including phenoxy) is 2. The summed E-state index contributed by atoms with van der Waals surface area (Å²) in [6.45, 7) is 8.89. The summed E-state index contributed by atoms with van der Waals surface area (Å²) < 4.78 is 9.58. The van der Waals surface area contributed by atoms with E-state index in [4.69, 9.17) is 9.47 Å². The number of esters is 1. The van der Waals surface area contributed by atoms with E-state index < -0.39 is 18.4 Å². The van der Waals surface area contributed by atoms with E-state index >= 15 is 0 Å². The Kier molecular flexibility index (Phi) is 6.49. The molecule has 0 aromatic rings. The van der Waals surface area contributed by atoms with Gasteiger partial charge in [0.2, 0.25) is 6.29 Å². The topological polar surface area (TPSA) is 64.6 Å². The zero-order valence-corrected chi connectivity index (χ0v) is 9.41. The van der Waals surface area contributed by atoms with Crippen molar-refractivity contribution in [3.8, 4) is 0 Å². The van der Waals surface area contributed by atoms with Crippen LogP contribution in [0, 0.1) is 12.8 Å². The maximum Gasteiger partial charge on any atom is 0.410 e. The third kappa shape index (κ3) is 6.76. The highest BCUT2D eigenvalue weighted by atomic mass is 16.7. The molecule has 0 saturated heterocycles. The Labute approximate surface area is 90.1 Å². The largest absolute Gasteiger partial charge is 0.425 e. The quantitative estimate of drug-likeness (QED) is 0.558.